The molecular weight excluding hydrogens is 210 g/mol. The van der Waals surface area contributed by atoms with Crippen molar-refractivity contribution in [1.82, 2.24) is 0 Å². The molecule has 0 radical (unpaired) electrons. The molecule has 2 nitrogen and oxygen atoms in total. The van der Waals surface area contributed by atoms with Crippen LogP contribution in [0.2, 0.25) is 0 Å². The van der Waals surface area contributed by atoms with Gasteiger partial charge in [0.2, 0.25) is 0 Å². The molecule has 0 fully saturated rings. The SMILES string of the molecule is CCCc1c(CC)cc2c(c1OC#N)CCC2. The highest BCUT2D eigenvalue weighted by Gasteiger charge is 2.21. The highest BCUT2D eigenvalue weighted by atomic mass is 16.5. The van der Waals surface area contributed by atoms with Crippen molar-refractivity contribution in [3.05, 3.63) is 28.3 Å². The molecule has 0 atom stereocenters. The highest BCUT2D eigenvalue weighted by Crippen LogP contribution is 2.37. The first-order valence-corrected chi connectivity index (χ1v) is 6.54. The Kier molecular flexibility index (Phi) is 3.68. The van der Waals surface area contributed by atoms with Crippen LogP contribution in [-0.4, -0.2) is 0 Å². The number of nitriles is 1. The standard InChI is InChI=1S/C15H19NO/c1-3-6-13-11(4-2)9-12-7-5-8-14(12)15(13)17-10-16/h9H,3-8H2,1-2H3. The Bertz CT molecular complexity index is 457. The summed E-state index contributed by atoms with van der Waals surface area (Å²) < 4.78 is 5.28. The molecular formula is C15H19NO. The van der Waals surface area contributed by atoms with Gasteiger partial charge in [-0.3, -0.25) is 0 Å². The molecule has 1 aliphatic rings. The van der Waals surface area contributed by atoms with Crippen molar-refractivity contribution in [1.29, 1.82) is 5.26 Å². The molecule has 0 unspecified atom stereocenters. The van der Waals surface area contributed by atoms with Crippen LogP contribution in [0.15, 0.2) is 6.07 Å². The monoisotopic (exact) mass is 229 g/mol. The van der Waals surface area contributed by atoms with Gasteiger partial charge in [0, 0.05) is 0 Å². The maximum Gasteiger partial charge on any atom is 0.292 e. The minimum absolute atomic E-state index is 0.876. The molecule has 1 aliphatic carbocycles. The number of fused-ring (bicyclic) bond motifs is 1. The summed E-state index contributed by atoms with van der Waals surface area (Å²) in [5.41, 5.74) is 5.30. The number of nitrogens with zero attached hydrogens (tertiary/aromatic N) is 1. The van der Waals surface area contributed by atoms with Crippen molar-refractivity contribution >= 4 is 0 Å². The van der Waals surface area contributed by atoms with E-state index >= 15 is 0 Å². The van der Waals surface area contributed by atoms with Crippen LogP contribution in [0, 0.1) is 11.5 Å². The zero-order valence-corrected chi connectivity index (χ0v) is 10.7. The van der Waals surface area contributed by atoms with E-state index < -0.39 is 0 Å². The maximum atomic E-state index is 8.83. The minimum atomic E-state index is 0.876. The summed E-state index contributed by atoms with van der Waals surface area (Å²) >= 11 is 0. The van der Waals surface area contributed by atoms with Gasteiger partial charge in [0.25, 0.3) is 6.26 Å². The average Bonchev–Trinajstić information content (AvgIpc) is 2.79. The van der Waals surface area contributed by atoms with E-state index in [-0.39, 0.29) is 0 Å². The zero-order chi connectivity index (χ0) is 12.3. The third-order valence-electron chi connectivity index (χ3n) is 3.57. The lowest BCUT2D eigenvalue weighted by Crippen LogP contribution is -2.02. The minimum Gasteiger partial charge on any atom is -0.387 e. The van der Waals surface area contributed by atoms with Gasteiger partial charge in [-0.05, 0) is 54.4 Å². The van der Waals surface area contributed by atoms with E-state index in [1.807, 2.05) is 6.26 Å². The Morgan fingerprint density at radius 3 is 2.82 bits per heavy atom. The smallest absolute Gasteiger partial charge is 0.292 e. The molecule has 1 aromatic rings. The molecule has 0 saturated heterocycles. The lowest BCUT2D eigenvalue weighted by Gasteiger charge is -2.15. The Balaban J connectivity index is 2.57. The van der Waals surface area contributed by atoms with Gasteiger partial charge >= 0.3 is 0 Å². The van der Waals surface area contributed by atoms with Crippen molar-refractivity contribution in [2.45, 2.75) is 52.4 Å². The van der Waals surface area contributed by atoms with Gasteiger partial charge in [-0.25, -0.2) is 0 Å². The number of rotatable bonds is 4. The van der Waals surface area contributed by atoms with E-state index in [0.29, 0.717) is 0 Å². The van der Waals surface area contributed by atoms with E-state index in [4.69, 9.17) is 10.00 Å². The van der Waals surface area contributed by atoms with Crippen molar-refractivity contribution in [2.24, 2.45) is 0 Å². The second-order valence-electron chi connectivity index (χ2n) is 4.63. The molecule has 0 aliphatic heterocycles. The molecule has 90 valence electrons. The molecule has 1 aromatic carbocycles. The molecule has 0 aromatic heterocycles. The predicted molar refractivity (Wildman–Crippen MR) is 68.1 cm³/mol. The van der Waals surface area contributed by atoms with Gasteiger partial charge in [0.15, 0.2) is 0 Å². The second kappa shape index (κ2) is 5.23. The molecule has 2 heteroatoms. The molecule has 0 heterocycles. The second-order valence-corrected chi connectivity index (χ2v) is 4.63. The fourth-order valence-corrected chi connectivity index (χ4v) is 2.82. The van der Waals surface area contributed by atoms with E-state index in [9.17, 15) is 0 Å². The van der Waals surface area contributed by atoms with E-state index in [1.165, 1.54) is 28.7 Å². The van der Waals surface area contributed by atoms with Gasteiger partial charge in [-0.1, -0.05) is 26.3 Å². The number of benzene rings is 1. The maximum absolute atomic E-state index is 8.83. The summed E-state index contributed by atoms with van der Waals surface area (Å²) in [7, 11) is 0. The lowest BCUT2D eigenvalue weighted by atomic mass is 9.94. The summed E-state index contributed by atoms with van der Waals surface area (Å²) in [5, 5.41) is 8.83. The third-order valence-corrected chi connectivity index (χ3v) is 3.57. The van der Waals surface area contributed by atoms with Crippen LogP contribution >= 0.6 is 0 Å². The van der Waals surface area contributed by atoms with Crippen molar-refractivity contribution in [2.75, 3.05) is 0 Å². The van der Waals surface area contributed by atoms with Crippen molar-refractivity contribution in [3.63, 3.8) is 0 Å². The van der Waals surface area contributed by atoms with E-state index in [0.717, 1.165) is 37.9 Å². The Morgan fingerprint density at radius 1 is 1.35 bits per heavy atom. The van der Waals surface area contributed by atoms with Crippen LogP contribution in [0.3, 0.4) is 0 Å². The highest BCUT2D eigenvalue weighted by molar-refractivity contribution is 5.53. The quantitative estimate of drug-likeness (QED) is 0.740. The van der Waals surface area contributed by atoms with Crippen molar-refractivity contribution in [3.8, 4) is 12.0 Å². The van der Waals surface area contributed by atoms with Gasteiger partial charge in [0.1, 0.15) is 5.75 Å². The first-order valence-electron chi connectivity index (χ1n) is 6.54. The fourth-order valence-electron chi connectivity index (χ4n) is 2.82. The molecule has 17 heavy (non-hydrogen) atoms. The number of aryl methyl sites for hydroxylation is 2. The summed E-state index contributed by atoms with van der Waals surface area (Å²) in [6.07, 6.45) is 8.37. The van der Waals surface area contributed by atoms with E-state index in [2.05, 4.69) is 19.9 Å². The topological polar surface area (TPSA) is 33.0 Å². The molecule has 0 spiro atoms. The molecule has 0 bridgehead atoms. The summed E-state index contributed by atoms with van der Waals surface area (Å²) in [4.78, 5) is 0. The third kappa shape index (κ3) is 2.15. The van der Waals surface area contributed by atoms with Crippen LogP contribution in [0.5, 0.6) is 5.75 Å². The number of hydrogen-bond acceptors (Lipinski definition) is 2. The lowest BCUT2D eigenvalue weighted by molar-refractivity contribution is 0.492. The first kappa shape index (κ1) is 12.0. The van der Waals surface area contributed by atoms with Gasteiger partial charge < -0.3 is 4.74 Å². The molecule has 0 saturated carbocycles. The van der Waals surface area contributed by atoms with Crippen molar-refractivity contribution < 1.29 is 4.74 Å². The van der Waals surface area contributed by atoms with E-state index in [1.54, 1.807) is 0 Å². The Hall–Kier alpha value is -1.49. The predicted octanol–water partition coefficient (Wildman–Crippen LogP) is 3.55. The number of hydrogen-bond donors (Lipinski definition) is 0. The number of ether oxygens (including phenoxy) is 1. The largest absolute Gasteiger partial charge is 0.387 e. The summed E-state index contributed by atoms with van der Waals surface area (Å²) in [6.45, 7) is 4.34. The summed E-state index contributed by atoms with van der Waals surface area (Å²) in [5.74, 6) is 0.876. The van der Waals surface area contributed by atoms with Crippen LogP contribution in [0.25, 0.3) is 0 Å². The van der Waals surface area contributed by atoms with Gasteiger partial charge in [0.05, 0.1) is 0 Å². The Morgan fingerprint density at radius 2 is 2.18 bits per heavy atom. The molecule has 2 rings (SSSR count). The fraction of sp³-hybridized carbons (Fsp3) is 0.533. The van der Waals surface area contributed by atoms with Crippen LogP contribution in [0.4, 0.5) is 0 Å². The van der Waals surface area contributed by atoms with Crippen LogP contribution in [0.1, 0.15) is 48.9 Å². The molecule has 0 amide bonds. The summed E-state index contributed by atoms with van der Waals surface area (Å²) in [6, 6.07) is 2.33. The van der Waals surface area contributed by atoms with Crippen LogP contribution in [-0.2, 0) is 25.7 Å². The average molecular weight is 229 g/mol. The van der Waals surface area contributed by atoms with Gasteiger partial charge in [-0.15, -0.1) is 5.26 Å². The van der Waals surface area contributed by atoms with Crippen LogP contribution < -0.4 is 4.74 Å². The molecule has 0 N–H and O–H groups in total. The normalized spacial score (nSPS) is 13.2. The Labute approximate surface area is 103 Å². The van der Waals surface area contributed by atoms with Gasteiger partial charge in [-0.2, -0.15) is 0 Å². The zero-order valence-electron chi connectivity index (χ0n) is 10.7. The first-order chi connectivity index (χ1) is 8.31.